The van der Waals surface area contributed by atoms with Crippen molar-refractivity contribution in [3.8, 4) is 0 Å². The van der Waals surface area contributed by atoms with Crippen LogP contribution in [0.3, 0.4) is 0 Å². The molecular formula is C8H5BrN2O. The van der Waals surface area contributed by atoms with Gasteiger partial charge in [-0.05, 0) is 22.0 Å². The average molecular weight is 225 g/mol. The SMILES string of the molecule is O=C1N=CC(Br)=C2N=CC=CC12. The van der Waals surface area contributed by atoms with Gasteiger partial charge in [0, 0.05) is 12.4 Å². The molecule has 0 radical (unpaired) electrons. The van der Waals surface area contributed by atoms with Crippen molar-refractivity contribution < 1.29 is 4.79 Å². The first-order chi connectivity index (χ1) is 5.79. The van der Waals surface area contributed by atoms with E-state index in [1.807, 2.05) is 0 Å². The van der Waals surface area contributed by atoms with Gasteiger partial charge in [0.05, 0.1) is 10.2 Å². The van der Waals surface area contributed by atoms with E-state index in [9.17, 15) is 4.79 Å². The van der Waals surface area contributed by atoms with Crippen LogP contribution in [0.4, 0.5) is 0 Å². The molecule has 0 saturated heterocycles. The molecule has 2 heterocycles. The fraction of sp³-hybridized carbons (Fsp3) is 0.125. The molecule has 0 aromatic heterocycles. The molecule has 0 saturated carbocycles. The molecular weight excluding hydrogens is 220 g/mol. The molecule has 0 aromatic rings. The van der Waals surface area contributed by atoms with Crippen molar-refractivity contribution in [1.29, 1.82) is 0 Å². The molecule has 1 amide bonds. The van der Waals surface area contributed by atoms with Crippen LogP contribution >= 0.6 is 15.9 Å². The number of hydrogen-bond acceptors (Lipinski definition) is 2. The minimum absolute atomic E-state index is 0.152. The summed E-state index contributed by atoms with van der Waals surface area (Å²) in [5.74, 6) is -0.435. The van der Waals surface area contributed by atoms with Gasteiger partial charge >= 0.3 is 0 Å². The molecule has 3 nitrogen and oxygen atoms in total. The van der Waals surface area contributed by atoms with E-state index in [-0.39, 0.29) is 11.8 Å². The second kappa shape index (κ2) is 2.79. The molecule has 0 fully saturated rings. The summed E-state index contributed by atoms with van der Waals surface area (Å²) in [7, 11) is 0. The highest BCUT2D eigenvalue weighted by molar-refractivity contribution is 9.12. The number of amides is 1. The van der Waals surface area contributed by atoms with Crippen LogP contribution in [0.15, 0.2) is 32.3 Å². The summed E-state index contributed by atoms with van der Waals surface area (Å²) in [6.45, 7) is 0. The Morgan fingerprint density at radius 3 is 3.00 bits per heavy atom. The molecule has 2 rings (SSSR count). The van der Waals surface area contributed by atoms with Crippen LogP contribution in [0.25, 0.3) is 0 Å². The summed E-state index contributed by atoms with van der Waals surface area (Å²) < 4.78 is 0.785. The van der Waals surface area contributed by atoms with E-state index in [1.54, 1.807) is 18.4 Å². The van der Waals surface area contributed by atoms with Gasteiger partial charge in [-0.15, -0.1) is 0 Å². The fourth-order valence-electron chi connectivity index (χ4n) is 1.13. The van der Waals surface area contributed by atoms with Gasteiger partial charge in [0.15, 0.2) is 0 Å². The Morgan fingerprint density at radius 2 is 2.25 bits per heavy atom. The van der Waals surface area contributed by atoms with Gasteiger partial charge in [0.1, 0.15) is 5.92 Å². The minimum atomic E-state index is -0.283. The van der Waals surface area contributed by atoms with Crippen LogP contribution in [0.1, 0.15) is 0 Å². The maximum absolute atomic E-state index is 11.2. The lowest BCUT2D eigenvalue weighted by Crippen LogP contribution is -2.18. The van der Waals surface area contributed by atoms with Crippen molar-refractivity contribution in [3.63, 3.8) is 0 Å². The van der Waals surface area contributed by atoms with Crippen molar-refractivity contribution in [2.75, 3.05) is 0 Å². The normalized spacial score (nSPS) is 26.4. The highest BCUT2D eigenvalue weighted by Crippen LogP contribution is 2.27. The smallest absolute Gasteiger partial charge is 0.258 e. The third kappa shape index (κ3) is 1.08. The third-order valence-electron chi connectivity index (χ3n) is 1.71. The van der Waals surface area contributed by atoms with E-state index in [0.717, 1.165) is 10.2 Å². The van der Waals surface area contributed by atoms with Crippen LogP contribution in [-0.2, 0) is 4.79 Å². The zero-order chi connectivity index (χ0) is 8.55. The second-order valence-corrected chi connectivity index (χ2v) is 3.32. The summed E-state index contributed by atoms with van der Waals surface area (Å²) in [5, 5.41) is 0. The predicted octanol–water partition coefficient (Wildman–Crippen LogP) is 1.46. The molecule has 2 aliphatic heterocycles. The Balaban J connectivity index is 2.51. The quantitative estimate of drug-likeness (QED) is 0.615. The fourth-order valence-corrected chi connectivity index (χ4v) is 1.58. The Labute approximate surface area is 77.7 Å². The number of dihydropyridines is 2. The van der Waals surface area contributed by atoms with Crippen molar-refractivity contribution in [3.05, 3.63) is 22.3 Å². The molecule has 0 bridgehead atoms. The number of hydrogen-bond donors (Lipinski definition) is 0. The lowest BCUT2D eigenvalue weighted by atomic mass is 10.0. The molecule has 0 N–H and O–H groups in total. The number of carbonyl (C=O) groups is 1. The third-order valence-corrected chi connectivity index (χ3v) is 2.32. The Hall–Kier alpha value is -1.03. The maximum Gasteiger partial charge on any atom is 0.258 e. The molecule has 0 aromatic carbocycles. The number of nitrogens with zero attached hydrogens (tertiary/aromatic N) is 2. The number of allylic oxidation sites excluding steroid dienone is 2. The highest BCUT2D eigenvalue weighted by atomic mass is 79.9. The Kier molecular flexibility index (Phi) is 1.77. The minimum Gasteiger partial charge on any atom is -0.271 e. The maximum atomic E-state index is 11.2. The molecule has 1 unspecified atom stereocenters. The van der Waals surface area contributed by atoms with Gasteiger partial charge < -0.3 is 0 Å². The Morgan fingerprint density at radius 1 is 1.42 bits per heavy atom. The summed E-state index contributed by atoms with van der Waals surface area (Å²) in [6.07, 6.45) is 6.71. The van der Waals surface area contributed by atoms with E-state index in [4.69, 9.17) is 0 Å². The average Bonchev–Trinajstić information content (AvgIpc) is 2.12. The number of fused-ring (bicyclic) bond motifs is 1. The molecule has 1 atom stereocenters. The Bertz CT molecular complexity index is 352. The zero-order valence-electron chi connectivity index (χ0n) is 6.07. The molecule has 2 aliphatic rings. The lowest BCUT2D eigenvalue weighted by Gasteiger charge is -2.16. The zero-order valence-corrected chi connectivity index (χ0v) is 7.65. The number of aliphatic imine (C=N–C) groups is 2. The van der Waals surface area contributed by atoms with Crippen LogP contribution in [-0.4, -0.2) is 18.3 Å². The highest BCUT2D eigenvalue weighted by Gasteiger charge is 2.25. The largest absolute Gasteiger partial charge is 0.271 e. The second-order valence-electron chi connectivity index (χ2n) is 2.47. The van der Waals surface area contributed by atoms with E-state index >= 15 is 0 Å². The van der Waals surface area contributed by atoms with Crippen molar-refractivity contribution in [2.24, 2.45) is 15.9 Å². The molecule has 0 aliphatic carbocycles. The van der Waals surface area contributed by atoms with Crippen molar-refractivity contribution in [2.45, 2.75) is 0 Å². The van der Waals surface area contributed by atoms with E-state index in [1.165, 1.54) is 6.21 Å². The lowest BCUT2D eigenvalue weighted by molar-refractivity contribution is -0.119. The van der Waals surface area contributed by atoms with Gasteiger partial charge in [-0.3, -0.25) is 9.79 Å². The molecule has 12 heavy (non-hydrogen) atoms. The summed E-state index contributed by atoms with van der Waals surface area (Å²) in [4.78, 5) is 19.0. The van der Waals surface area contributed by atoms with Gasteiger partial charge in [-0.1, -0.05) is 6.08 Å². The number of rotatable bonds is 0. The monoisotopic (exact) mass is 224 g/mol. The molecule has 0 spiro atoms. The van der Waals surface area contributed by atoms with Crippen LogP contribution < -0.4 is 0 Å². The first-order valence-corrected chi connectivity index (χ1v) is 4.27. The van der Waals surface area contributed by atoms with Crippen LogP contribution in [0.2, 0.25) is 0 Å². The van der Waals surface area contributed by atoms with E-state index in [0.29, 0.717) is 0 Å². The summed E-state index contributed by atoms with van der Waals surface area (Å²) in [5.41, 5.74) is 0.748. The first-order valence-electron chi connectivity index (χ1n) is 3.47. The summed E-state index contributed by atoms with van der Waals surface area (Å²) in [6, 6.07) is 0. The van der Waals surface area contributed by atoms with E-state index < -0.39 is 0 Å². The number of halogens is 1. The van der Waals surface area contributed by atoms with Gasteiger partial charge in [0.2, 0.25) is 0 Å². The van der Waals surface area contributed by atoms with E-state index in [2.05, 4.69) is 25.9 Å². The van der Waals surface area contributed by atoms with Crippen LogP contribution in [0, 0.1) is 5.92 Å². The summed E-state index contributed by atoms with van der Waals surface area (Å²) >= 11 is 3.29. The van der Waals surface area contributed by atoms with Crippen molar-refractivity contribution in [1.82, 2.24) is 0 Å². The number of carbonyl (C=O) groups excluding carboxylic acids is 1. The molecule has 60 valence electrons. The predicted molar refractivity (Wildman–Crippen MR) is 50.6 cm³/mol. The van der Waals surface area contributed by atoms with Crippen molar-refractivity contribution >= 4 is 34.3 Å². The topological polar surface area (TPSA) is 41.8 Å². The standard InChI is InChI=1S/C8H5BrN2O/c9-6-4-11-8(12)5-2-1-3-10-7(5)6/h1-5H. The molecule has 4 heteroatoms. The van der Waals surface area contributed by atoms with Gasteiger partial charge in [0.25, 0.3) is 5.91 Å². The van der Waals surface area contributed by atoms with Gasteiger partial charge in [-0.2, -0.15) is 0 Å². The first kappa shape index (κ1) is 7.61. The van der Waals surface area contributed by atoms with Crippen LogP contribution in [0.5, 0.6) is 0 Å². The van der Waals surface area contributed by atoms with Gasteiger partial charge in [-0.25, -0.2) is 4.99 Å².